The van der Waals surface area contributed by atoms with Crippen molar-refractivity contribution in [2.45, 2.75) is 168 Å². The zero-order valence-electron chi connectivity index (χ0n) is 45.6. The van der Waals surface area contributed by atoms with E-state index in [2.05, 4.69) is 222 Å². The highest BCUT2D eigenvalue weighted by Gasteiger charge is 2.50. The Hall–Kier alpha value is -5.58. The van der Waals surface area contributed by atoms with Crippen LogP contribution in [0, 0.1) is 13.8 Å². The highest BCUT2D eigenvalue weighted by atomic mass is 32.1. The molecule has 1 aromatic heterocycles. The molecule has 5 aliphatic rings. The minimum atomic E-state index is -0.0851. The number of benzene rings is 7. The maximum Gasteiger partial charge on any atom is 0.333 e. The summed E-state index contributed by atoms with van der Waals surface area (Å²) in [6.45, 7) is 34.5. The van der Waals surface area contributed by atoms with Crippen molar-refractivity contribution in [1.29, 1.82) is 0 Å². The van der Waals surface area contributed by atoms with Crippen LogP contribution >= 0.6 is 11.3 Å². The van der Waals surface area contributed by atoms with Gasteiger partial charge in [0, 0.05) is 43.8 Å². The number of hydrogen-bond donors (Lipinski definition) is 0. The molecule has 0 spiro atoms. The van der Waals surface area contributed by atoms with E-state index in [1.807, 2.05) is 11.3 Å². The van der Waals surface area contributed by atoms with E-state index in [-0.39, 0.29) is 39.3 Å². The topological polar surface area (TPSA) is 6.48 Å². The summed E-state index contributed by atoms with van der Waals surface area (Å²) in [7, 11) is 0. The Kier molecular flexibility index (Phi) is 9.65. The van der Waals surface area contributed by atoms with Crippen LogP contribution in [-0.4, -0.2) is 6.85 Å². The lowest BCUT2D eigenvalue weighted by atomic mass is 9.43. The number of nitrogens with zero attached hydrogens (tertiary/aromatic N) is 2. The van der Waals surface area contributed by atoms with Crippen LogP contribution in [0.3, 0.4) is 0 Å². The van der Waals surface area contributed by atoms with Crippen LogP contribution in [0.1, 0.15) is 166 Å². The third-order valence-electron chi connectivity index (χ3n) is 19.5. The highest BCUT2D eigenvalue weighted by molar-refractivity contribution is 7.26. The molecule has 72 heavy (non-hydrogen) atoms. The molecule has 3 aliphatic carbocycles. The summed E-state index contributed by atoms with van der Waals surface area (Å²) < 4.78 is 2.71. The van der Waals surface area contributed by atoms with Crippen LogP contribution in [0.25, 0.3) is 42.4 Å². The number of fused-ring (bicyclic) bond motifs is 11. The van der Waals surface area contributed by atoms with E-state index in [9.17, 15) is 0 Å². The lowest BCUT2D eigenvalue weighted by molar-refractivity contribution is 0.332. The van der Waals surface area contributed by atoms with Gasteiger partial charge >= 0.3 is 6.85 Å². The van der Waals surface area contributed by atoms with Crippen LogP contribution in [-0.2, 0) is 32.5 Å². The average Bonchev–Trinajstić information content (AvgIpc) is 3.72. The van der Waals surface area contributed by atoms with Gasteiger partial charge in [0.05, 0.1) is 10.4 Å². The van der Waals surface area contributed by atoms with E-state index < -0.39 is 0 Å². The SMILES string of the molecule is Cc1ccccc1-c1cc2c3c(c1)N(c1cc4c(cc1C)C(C)(C)CCC4(C)C)c1c(ccc4c1sc1ccccc14)B3N(c1ccc3c(c1)C(C)(C)CCC3(C)C)c1cc3c(cc1-2)C(C)(C)CCC3(C)C. The molecular weight excluding hydrogens is 888 g/mol. The van der Waals surface area contributed by atoms with Gasteiger partial charge in [0.15, 0.2) is 0 Å². The third kappa shape index (κ3) is 6.52. The zero-order valence-corrected chi connectivity index (χ0v) is 46.4. The van der Waals surface area contributed by atoms with Crippen molar-refractivity contribution in [2.75, 3.05) is 9.71 Å². The first-order valence-corrected chi connectivity index (χ1v) is 28.1. The lowest BCUT2D eigenvalue weighted by Gasteiger charge is -2.49. The van der Waals surface area contributed by atoms with Crippen LogP contribution < -0.4 is 20.6 Å². The van der Waals surface area contributed by atoms with Crippen molar-refractivity contribution in [3.05, 3.63) is 160 Å². The van der Waals surface area contributed by atoms with Crippen molar-refractivity contribution >= 4 is 77.7 Å². The zero-order chi connectivity index (χ0) is 50.4. The van der Waals surface area contributed by atoms with Gasteiger partial charge in [-0.25, -0.2) is 0 Å². The molecule has 4 heteroatoms. The lowest BCUT2D eigenvalue weighted by Crippen LogP contribution is -2.61. The Morgan fingerprint density at radius 2 is 0.986 bits per heavy atom. The largest absolute Gasteiger partial charge is 0.376 e. The summed E-state index contributed by atoms with van der Waals surface area (Å²) in [6, 6.07) is 46.7. The number of anilines is 5. The van der Waals surface area contributed by atoms with E-state index in [1.54, 1.807) is 0 Å². The normalized spacial score (nSPS) is 20.1. The third-order valence-corrected chi connectivity index (χ3v) is 20.7. The fraction of sp³-hybridized carbons (Fsp3) is 0.382. The molecule has 0 unspecified atom stereocenters. The van der Waals surface area contributed by atoms with Gasteiger partial charge in [-0.3, -0.25) is 0 Å². The maximum absolute atomic E-state index is 2.84. The molecule has 0 saturated carbocycles. The van der Waals surface area contributed by atoms with Crippen LogP contribution in [0.15, 0.2) is 115 Å². The molecule has 0 saturated heterocycles. The molecule has 0 amide bonds. The van der Waals surface area contributed by atoms with Gasteiger partial charge in [-0.15, -0.1) is 11.3 Å². The van der Waals surface area contributed by atoms with Crippen LogP contribution in [0.2, 0.25) is 0 Å². The Balaban J connectivity index is 1.22. The molecule has 0 radical (unpaired) electrons. The molecule has 0 atom stereocenters. The molecular formula is C68H73BN2S. The van der Waals surface area contributed by atoms with E-state index >= 15 is 0 Å². The van der Waals surface area contributed by atoms with Gasteiger partial charge in [-0.2, -0.15) is 0 Å². The van der Waals surface area contributed by atoms with Crippen LogP contribution in [0.5, 0.6) is 0 Å². The Labute approximate surface area is 435 Å². The molecule has 7 aromatic carbocycles. The summed E-state index contributed by atoms with van der Waals surface area (Å²) in [5, 5.41) is 2.68. The van der Waals surface area contributed by atoms with Gasteiger partial charge in [-0.1, -0.05) is 150 Å². The molecule has 2 nitrogen and oxygen atoms in total. The predicted molar refractivity (Wildman–Crippen MR) is 314 cm³/mol. The van der Waals surface area contributed by atoms with Crippen molar-refractivity contribution in [1.82, 2.24) is 0 Å². The Bertz CT molecular complexity index is 3650. The second-order valence-corrected chi connectivity index (χ2v) is 28.0. The second-order valence-electron chi connectivity index (χ2n) is 27.0. The van der Waals surface area contributed by atoms with E-state index in [1.165, 1.54) is 165 Å². The summed E-state index contributed by atoms with van der Waals surface area (Å²) in [5.41, 5.74) is 26.8. The quantitative estimate of drug-likeness (QED) is 0.163. The summed E-state index contributed by atoms with van der Waals surface area (Å²) in [6.07, 6.45) is 7.09. The minimum Gasteiger partial charge on any atom is -0.376 e. The van der Waals surface area contributed by atoms with E-state index in [4.69, 9.17) is 0 Å². The standard InChI is InChI=1S/C68H73BN2S/c1-40-19-15-16-20-44(40)42-34-48-47-37-52-54(68(13,14)32-30-66(52,9)10)39-57(47)71(43-23-25-49-51(36-43)65(7,8)28-27-63(49,3)4)69-55-26-24-46-45-21-17-18-22-59(45)72-62(46)61(55)70(58(35-42)60(48)69)56-38-53-50(33-41(56)2)64(5,6)29-31-67(53,11)12/h15-26,33-39H,27-32H2,1-14H3. The van der Waals surface area contributed by atoms with Gasteiger partial charge in [-0.05, 0) is 206 Å². The first-order valence-electron chi connectivity index (χ1n) is 27.3. The second kappa shape index (κ2) is 15.0. The highest BCUT2D eigenvalue weighted by Crippen LogP contribution is 2.57. The average molecular weight is 961 g/mol. The van der Waals surface area contributed by atoms with Gasteiger partial charge < -0.3 is 9.71 Å². The molecule has 0 N–H and O–H groups in total. The van der Waals surface area contributed by atoms with Crippen molar-refractivity contribution in [3.63, 3.8) is 0 Å². The summed E-state index contributed by atoms with van der Waals surface area (Å²) in [4.78, 5) is 5.62. The maximum atomic E-state index is 2.84. The Morgan fingerprint density at radius 1 is 0.431 bits per heavy atom. The molecule has 8 aromatic rings. The number of aryl methyl sites for hydroxylation is 2. The van der Waals surface area contributed by atoms with Crippen molar-refractivity contribution in [2.24, 2.45) is 0 Å². The summed E-state index contributed by atoms with van der Waals surface area (Å²) >= 11 is 1.98. The first kappa shape index (κ1) is 46.2. The predicted octanol–water partition coefficient (Wildman–Crippen LogP) is 18.1. The number of thiophene rings is 1. The van der Waals surface area contributed by atoms with Gasteiger partial charge in [0.25, 0.3) is 0 Å². The van der Waals surface area contributed by atoms with Gasteiger partial charge in [0.1, 0.15) is 0 Å². The first-order chi connectivity index (χ1) is 34.0. The fourth-order valence-electron chi connectivity index (χ4n) is 14.5. The molecule has 0 bridgehead atoms. The number of rotatable bonds is 3. The van der Waals surface area contributed by atoms with Crippen molar-refractivity contribution in [3.8, 4) is 22.3 Å². The number of hydrogen-bond acceptors (Lipinski definition) is 3. The molecule has 13 rings (SSSR count). The monoisotopic (exact) mass is 961 g/mol. The molecule has 364 valence electrons. The molecule has 2 aliphatic heterocycles. The van der Waals surface area contributed by atoms with Crippen molar-refractivity contribution < 1.29 is 0 Å². The molecule has 0 fully saturated rings. The van der Waals surface area contributed by atoms with E-state index in [0.29, 0.717) is 0 Å². The Morgan fingerprint density at radius 3 is 1.64 bits per heavy atom. The fourth-order valence-corrected chi connectivity index (χ4v) is 15.8. The van der Waals surface area contributed by atoms with Gasteiger partial charge in [0.2, 0.25) is 0 Å². The molecule has 3 heterocycles. The smallest absolute Gasteiger partial charge is 0.333 e. The van der Waals surface area contributed by atoms with Crippen LogP contribution in [0.4, 0.5) is 28.4 Å². The summed E-state index contributed by atoms with van der Waals surface area (Å²) in [5.74, 6) is 0. The van der Waals surface area contributed by atoms with E-state index in [0.717, 1.165) is 0 Å². The minimum absolute atomic E-state index is 0.0404.